The molecule has 2 atom stereocenters. The Morgan fingerprint density at radius 3 is 2.84 bits per heavy atom. The molecular formula is C16H27N3. The molecule has 1 aliphatic rings. The van der Waals surface area contributed by atoms with Gasteiger partial charge < -0.3 is 5.32 Å². The first kappa shape index (κ1) is 14.5. The summed E-state index contributed by atoms with van der Waals surface area (Å²) >= 11 is 0. The van der Waals surface area contributed by atoms with E-state index in [1.54, 1.807) is 0 Å². The van der Waals surface area contributed by atoms with E-state index in [9.17, 15) is 0 Å². The summed E-state index contributed by atoms with van der Waals surface area (Å²) in [5.74, 6) is 0. The van der Waals surface area contributed by atoms with Crippen molar-refractivity contribution in [3.8, 4) is 0 Å². The van der Waals surface area contributed by atoms with E-state index < -0.39 is 0 Å². The lowest BCUT2D eigenvalue weighted by Gasteiger charge is -2.35. The number of pyridine rings is 1. The SMILES string of the molecule is CCCNC1CCCC(N(C)Cc2ccncc2)C1. The number of hydrogen-bond donors (Lipinski definition) is 1. The Kier molecular flexibility index (Phi) is 5.80. The van der Waals surface area contributed by atoms with E-state index in [4.69, 9.17) is 0 Å². The van der Waals surface area contributed by atoms with Crippen LogP contribution in [0.15, 0.2) is 24.5 Å². The molecule has 3 nitrogen and oxygen atoms in total. The molecule has 1 N–H and O–H groups in total. The predicted molar refractivity (Wildman–Crippen MR) is 80.0 cm³/mol. The first-order valence-corrected chi connectivity index (χ1v) is 7.62. The summed E-state index contributed by atoms with van der Waals surface area (Å²) in [5.41, 5.74) is 1.36. The maximum absolute atomic E-state index is 4.08. The van der Waals surface area contributed by atoms with E-state index >= 15 is 0 Å². The van der Waals surface area contributed by atoms with Gasteiger partial charge in [-0.15, -0.1) is 0 Å². The van der Waals surface area contributed by atoms with Gasteiger partial charge in [-0.25, -0.2) is 0 Å². The lowest BCUT2D eigenvalue weighted by Crippen LogP contribution is -2.42. The second kappa shape index (κ2) is 7.61. The van der Waals surface area contributed by atoms with Gasteiger partial charge in [0.05, 0.1) is 0 Å². The van der Waals surface area contributed by atoms with Gasteiger partial charge in [-0.05, 0) is 57.0 Å². The normalized spacial score (nSPS) is 23.7. The first-order chi connectivity index (χ1) is 9.29. The average Bonchev–Trinajstić information content (AvgIpc) is 2.46. The highest BCUT2D eigenvalue weighted by Crippen LogP contribution is 2.23. The summed E-state index contributed by atoms with van der Waals surface area (Å²) in [5, 5.41) is 3.68. The molecule has 1 aliphatic carbocycles. The molecule has 19 heavy (non-hydrogen) atoms. The maximum atomic E-state index is 4.08. The molecule has 1 aromatic rings. The van der Waals surface area contributed by atoms with E-state index in [1.165, 1.54) is 37.7 Å². The van der Waals surface area contributed by atoms with Gasteiger partial charge in [0.25, 0.3) is 0 Å². The second-order valence-corrected chi connectivity index (χ2v) is 5.74. The largest absolute Gasteiger partial charge is 0.314 e. The predicted octanol–water partition coefficient (Wildman–Crippen LogP) is 2.82. The van der Waals surface area contributed by atoms with Crippen molar-refractivity contribution in [3.05, 3.63) is 30.1 Å². The van der Waals surface area contributed by atoms with Crippen LogP contribution >= 0.6 is 0 Å². The van der Waals surface area contributed by atoms with Crippen molar-refractivity contribution in [2.45, 2.75) is 57.7 Å². The van der Waals surface area contributed by atoms with E-state index in [2.05, 4.69) is 41.3 Å². The number of aromatic nitrogens is 1. The van der Waals surface area contributed by atoms with Crippen LogP contribution in [0.4, 0.5) is 0 Å². The van der Waals surface area contributed by atoms with Gasteiger partial charge in [-0.1, -0.05) is 13.3 Å². The molecule has 0 saturated heterocycles. The Labute approximate surface area is 117 Å². The zero-order valence-corrected chi connectivity index (χ0v) is 12.3. The average molecular weight is 261 g/mol. The molecule has 1 saturated carbocycles. The molecule has 1 aromatic heterocycles. The lowest BCUT2D eigenvalue weighted by molar-refractivity contribution is 0.163. The van der Waals surface area contributed by atoms with Crippen molar-refractivity contribution >= 4 is 0 Å². The molecule has 1 heterocycles. The number of hydrogen-bond acceptors (Lipinski definition) is 3. The fraction of sp³-hybridized carbons (Fsp3) is 0.688. The highest BCUT2D eigenvalue weighted by Gasteiger charge is 2.24. The highest BCUT2D eigenvalue weighted by atomic mass is 15.1. The Hall–Kier alpha value is -0.930. The van der Waals surface area contributed by atoms with Gasteiger partial charge in [0.15, 0.2) is 0 Å². The van der Waals surface area contributed by atoms with Crippen molar-refractivity contribution in [1.82, 2.24) is 15.2 Å². The molecule has 2 rings (SSSR count). The zero-order chi connectivity index (χ0) is 13.5. The van der Waals surface area contributed by atoms with Crippen LogP contribution in [0, 0.1) is 0 Å². The van der Waals surface area contributed by atoms with E-state index in [0.29, 0.717) is 0 Å². The van der Waals surface area contributed by atoms with Crippen molar-refractivity contribution in [3.63, 3.8) is 0 Å². The fourth-order valence-electron chi connectivity index (χ4n) is 3.00. The van der Waals surface area contributed by atoms with Gasteiger partial charge in [0.1, 0.15) is 0 Å². The van der Waals surface area contributed by atoms with Gasteiger partial charge in [0.2, 0.25) is 0 Å². The smallest absolute Gasteiger partial charge is 0.0271 e. The lowest BCUT2D eigenvalue weighted by atomic mass is 9.90. The standard InChI is InChI=1S/C16H27N3/c1-3-9-18-15-5-4-6-16(12-15)19(2)13-14-7-10-17-11-8-14/h7-8,10-11,15-16,18H,3-6,9,12-13H2,1-2H3. The molecule has 3 heteroatoms. The molecule has 2 unspecified atom stereocenters. The van der Waals surface area contributed by atoms with Crippen LogP contribution in [0.3, 0.4) is 0 Å². The van der Waals surface area contributed by atoms with Crippen LogP contribution in [0.2, 0.25) is 0 Å². The fourth-order valence-corrected chi connectivity index (χ4v) is 3.00. The molecule has 0 aromatic carbocycles. The third-order valence-electron chi connectivity index (χ3n) is 4.13. The van der Waals surface area contributed by atoms with Crippen molar-refractivity contribution < 1.29 is 0 Å². The summed E-state index contributed by atoms with van der Waals surface area (Å²) in [6.07, 6.45) is 10.3. The highest BCUT2D eigenvalue weighted by molar-refractivity contribution is 5.09. The van der Waals surface area contributed by atoms with Crippen molar-refractivity contribution in [2.24, 2.45) is 0 Å². The number of nitrogens with one attached hydrogen (secondary N) is 1. The maximum Gasteiger partial charge on any atom is 0.0271 e. The van der Waals surface area contributed by atoms with Crippen LogP contribution in [0.5, 0.6) is 0 Å². The van der Waals surface area contributed by atoms with E-state index in [0.717, 1.165) is 25.2 Å². The van der Waals surface area contributed by atoms with Crippen LogP contribution < -0.4 is 5.32 Å². The zero-order valence-electron chi connectivity index (χ0n) is 12.3. The van der Waals surface area contributed by atoms with E-state index in [1.807, 2.05) is 12.4 Å². The summed E-state index contributed by atoms with van der Waals surface area (Å²) in [4.78, 5) is 6.59. The van der Waals surface area contributed by atoms with Crippen LogP contribution in [0.1, 0.15) is 44.6 Å². The molecule has 0 aliphatic heterocycles. The minimum atomic E-state index is 0.719. The van der Waals surface area contributed by atoms with Gasteiger partial charge in [-0.2, -0.15) is 0 Å². The van der Waals surface area contributed by atoms with Gasteiger partial charge in [-0.3, -0.25) is 9.88 Å². The van der Waals surface area contributed by atoms with Crippen LogP contribution in [0.25, 0.3) is 0 Å². The molecule has 0 bridgehead atoms. The Balaban J connectivity index is 1.83. The first-order valence-electron chi connectivity index (χ1n) is 7.62. The summed E-state index contributed by atoms with van der Waals surface area (Å²) in [7, 11) is 2.26. The molecule has 1 fully saturated rings. The number of nitrogens with zero attached hydrogens (tertiary/aromatic N) is 2. The minimum absolute atomic E-state index is 0.719. The summed E-state index contributed by atoms with van der Waals surface area (Å²) < 4.78 is 0. The second-order valence-electron chi connectivity index (χ2n) is 5.74. The third-order valence-corrected chi connectivity index (χ3v) is 4.13. The Morgan fingerprint density at radius 2 is 2.11 bits per heavy atom. The van der Waals surface area contributed by atoms with Crippen LogP contribution in [-0.4, -0.2) is 35.6 Å². The Bertz CT molecular complexity index is 352. The van der Waals surface area contributed by atoms with Crippen LogP contribution in [-0.2, 0) is 6.54 Å². The topological polar surface area (TPSA) is 28.2 Å². The molecular weight excluding hydrogens is 234 g/mol. The molecule has 0 spiro atoms. The molecule has 106 valence electrons. The van der Waals surface area contributed by atoms with Gasteiger partial charge >= 0.3 is 0 Å². The summed E-state index contributed by atoms with van der Waals surface area (Å²) in [6.45, 7) is 4.43. The minimum Gasteiger partial charge on any atom is -0.314 e. The monoisotopic (exact) mass is 261 g/mol. The van der Waals surface area contributed by atoms with E-state index in [-0.39, 0.29) is 0 Å². The van der Waals surface area contributed by atoms with Crippen molar-refractivity contribution in [2.75, 3.05) is 13.6 Å². The molecule has 0 radical (unpaired) electrons. The Morgan fingerprint density at radius 1 is 1.32 bits per heavy atom. The third kappa shape index (κ3) is 4.59. The number of rotatable bonds is 6. The molecule has 0 amide bonds. The quantitative estimate of drug-likeness (QED) is 0.853. The van der Waals surface area contributed by atoms with Gasteiger partial charge in [0, 0.05) is 31.0 Å². The van der Waals surface area contributed by atoms with Crippen molar-refractivity contribution in [1.29, 1.82) is 0 Å². The summed E-state index contributed by atoms with van der Waals surface area (Å²) in [6, 6.07) is 5.67.